The fourth-order valence-corrected chi connectivity index (χ4v) is 5.05. The van der Waals surface area contributed by atoms with Gasteiger partial charge in [-0.25, -0.2) is 13.2 Å². The van der Waals surface area contributed by atoms with Crippen LogP contribution in [0.2, 0.25) is 10.0 Å². The SMILES string of the molecule is COC(=O)c1ccc(Cl)c(S(=O)(=O)N2CCN(c3cccc(Cl)c3)CC2)c1. The molecule has 3 rings (SSSR count). The Morgan fingerprint density at radius 1 is 1.04 bits per heavy atom. The maximum Gasteiger partial charge on any atom is 0.337 e. The molecule has 1 aliphatic heterocycles. The molecule has 6 nitrogen and oxygen atoms in total. The van der Waals surface area contributed by atoms with Crippen LogP contribution in [0, 0.1) is 0 Å². The molecule has 0 unspecified atom stereocenters. The zero-order chi connectivity index (χ0) is 19.6. The first-order valence-corrected chi connectivity index (χ1v) is 10.4. The standard InChI is InChI=1S/C18H18Cl2N2O4S/c1-26-18(23)13-5-6-16(20)17(11-13)27(24,25)22-9-7-21(8-10-22)15-4-2-3-14(19)12-15/h2-6,11-12H,7-10H2,1H3. The normalized spacial score (nSPS) is 15.6. The van der Waals surface area contributed by atoms with E-state index in [0.29, 0.717) is 31.2 Å². The molecule has 0 aromatic heterocycles. The van der Waals surface area contributed by atoms with Gasteiger partial charge in [-0.15, -0.1) is 0 Å². The van der Waals surface area contributed by atoms with Crippen molar-refractivity contribution in [1.29, 1.82) is 0 Å². The first kappa shape index (κ1) is 19.9. The third-order valence-corrected chi connectivity index (χ3v) is 7.00. The summed E-state index contributed by atoms with van der Waals surface area (Å²) in [5.41, 5.74) is 1.09. The Bertz CT molecular complexity index is 958. The van der Waals surface area contributed by atoms with E-state index in [9.17, 15) is 13.2 Å². The first-order valence-electron chi connectivity index (χ1n) is 8.21. The minimum atomic E-state index is -3.83. The van der Waals surface area contributed by atoms with Crippen LogP contribution in [-0.2, 0) is 14.8 Å². The topological polar surface area (TPSA) is 66.9 Å². The van der Waals surface area contributed by atoms with Gasteiger partial charge in [-0.05, 0) is 36.4 Å². The lowest BCUT2D eigenvalue weighted by atomic mass is 10.2. The summed E-state index contributed by atoms with van der Waals surface area (Å²) in [4.78, 5) is 13.7. The summed E-state index contributed by atoms with van der Waals surface area (Å²) in [6.45, 7) is 1.64. The predicted octanol–water partition coefficient (Wildman–Crippen LogP) is 3.29. The van der Waals surface area contributed by atoms with Crippen molar-refractivity contribution in [2.75, 3.05) is 38.2 Å². The van der Waals surface area contributed by atoms with Crippen LogP contribution in [-0.4, -0.2) is 52.0 Å². The number of methoxy groups -OCH3 is 1. The lowest BCUT2D eigenvalue weighted by Crippen LogP contribution is -2.48. The third kappa shape index (κ3) is 4.21. The number of anilines is 1. The van der Waals surface area contributed by atoms with Gasteiger partial charge in [-0.2, -0.15) is 4.31 Å². The number of halogens is 2. The summed E-state index contributed by atoms with van der Waals surface area (Å²) in [7, 11) is -2.59. The summed E-state index contributed by atoms with van der Waals surface area (Å²) in [6, 6.07) is 11.5. The molecule has 0 N–H and O–H groups in total. The second kappa shape index (κ2) is 8.06. The van der Waals surface area contributed by atoms with Crippen LogP contribution in [0.15, 0.2) is 47.4 Å². The maximum atomic E-state index is 13.0. The van der Waals surface area contributed by atoms with Gasteiger partial charge in [0, 0.05) is 36.9 Å². The summed E-state index contributed by atoms with van der Waals surface area (Å²) in [5, 5.41) is 0.703. The number of hydrogen-bond donors (Lipinski definition) is 0. The van der Waals surface area contributed by atoms with Crippen LogP contribution in [0.4, 0.5) is 5.69 Å². The molecule has 0 aliphatic carbocycles. The van der Waals surface area contributed by atoms with E-state index in [1.807, 2.05) is 18.2 Å². The summed E-state index contributed by atoms with van der Waals surface area (Å²) in [5.74, 6) is -0.617. The molecule has 0 radical (unpaired) electrons. The number of ether oxygens (including phenoxy) is 1. The minimum absolute atomic E-state index is 0.0694. The molecule has 1 aliphatic rings. The maximum absolute atomic E-state index is 13.0. The number of esters is 1. The van der Waals surface area contributed by atoms with Crippen LogP contribution in [0.25, 0.3) is 0 Å². The first-order chi connectivity index (χ1) is 12.8. The lowest BCUT2D eigenvalue weighted by Gasteiger charge is -2.35. The van der Waals surface area contributed by atoms with Gasteiger partial charge in [-0.3, -0.25) is 0 Å². The van der Waals surface area contributed by atoms with Gasteiger partial charge in [0.1, 0.15) is 4.90 Å². The molecule has 1 fully saturated rings. The molecule has 0 atom stereocenters. The zero-order valence-electron chi connectivity index (χ0n) is 14.6. The Balaban J connectivity index is 1.80. The summed E-state index contributed by atoms with van der Waals surface area (Å²) in [6.07, 6.45) is 0. The zero-order valence-corrected chi connectivity index (χ0v) is 16.9. The van der Waals surface area contributed by atoms with E-state index in [4.69, 9.17) is 23.2 Å². The highest BCUT2D eigenvalue weighted by Crippen LogP contribution is 2.28. The van der Waals surface area contributed by atoms with Gasteiger partial charge in [0.25, 0.3) is 0 Å². The Morgan fingerprint density at radius 2 is 1.74 bits per heavy atom. The number of nitrogens with zero attached hydrogens (tertiary/aromatic N) is 2. The van der Waals surface area contributed by atoms with Crippen LogP contribution in [0.5, 0.6) is 0 Å². The minimum Gasteiger partial charge on any atom is -0.465 e. The van der Waals surface area contributed by atoms with Gasteiger partial charge in [0.2, 0.25) is 10.0 Å². The molecule has 2 aromatic rings. The Kier molecular flexibility index (Phi) is 5.95. The van der Waals surface area contributed by atoms with Gasteiger partial charge in [-0.1, -0.05) is 29.3 Å². The number of hydrogen-bond acceptors (Lipinski definition) is 5. The molecule has 0 amide bonds. The van der Waals surface area contributed by atoms with Gasteiger partial charge in [0.05, 0.1) is 17.7 Å². The molecular weight excluding hydrogens is 411 g/mol. The van der Waals surface area contributed by atoms with E-state index in [0.717, 1.165) is 5.69 Å². The molecule has 27 heavy (non-hydrogen) atoms. The predicted molar refractivity (Wildman–Crippen MR) is 105 cm³/mol. The van der Waals surface area contributed by atoms with Crippen LogP contribution in [0.1, 0.15) is 10.4 Å². The van der Waals surface area contributed by atoms with Crippen LogP contribution >= 0.6 is 23.2 Å². The van der Waals surface area contributed by atoms with Crippen molar-refractivity contribution in [3.63, 3.8) is 0 Å². The summed E-state index contributed by atoms with van der Waals surface area (Å²) < 4.78 is 32.1. The highest BCUT2D eigenvalue weighted by Gasteiger charge is 2.31. The molecule has 2 aromatic carbocycles. The van der Waals surface area contributed by atoms with Crippen LogP contribution in [0.3, 0.4) is 0 Å². The van der Waals surface area contributed by atoms with Crippen molar-refractivity contribution < 1.29 is 17.9 Å². The van der Waals surface area contributed by atoms with Crippen molar-refractivity contribution >= 4 is 44.9 Å². The second-order valence-electron chi connectivity index (χ2n) is 6.01. The number of carbonyl (C=O) groups excluding carboxylic acids is 1. The Hall–Kier alpha value is -1.80. The quantitative estimate of drug-likeness (QED) is 0.698. The Labute approximate surface area is 168 Å². The molecule has 0 saturated carbocycles. The van der Waals surface area contributed by atoms with Gasteiger partial charge >= 0.3 is 5.97 Å². The van der Waals surface area contributed by atoms with E-state index in [1.54, 1.807) is 6.07 Å². The fourth-order valence-electron chi connectivity index (χ4n) is 2.94. The van der Waals surface area contributed by atoms with Crippen molar-refractivity contribution in [3.05, 3.63) is 58.1 Å². The van der Waals surface area contributed by atoms with Gasteiger partial charge < -0.3 is 9.64 Å². The molecule has 1 heterocycles. The number of rotatable bonds is 4. The van der Waals surface area contributed by atoms with Crippen molar-refractivity contribution in [2.24, 2.45) is 0 Å². The van der Waals surface area contributed by atoms with E-state index >= 15 is 0 Å². The fraction of sp³-hybridized carbons (Fsp3) is 0.278. The van der Waals surface area contributed by atoms with Gasteiger partial charge in [0.15, 0.2) is 0 Å². The smallest absolute Gasteiger partial charge is 0.337 e. The van der Waals surface area contributed by atoms with E-state index in [-0.39, 0.29) is 15.5 Å². The molecule has 0 bridgehead atoms. The summed E-state index contributed by atoms with van der Waals surface area (Å²) >= 11 is 12.1. The van der Waals surface area contributed by atoms with E-state index < -0.39 is 16.0 Å². The highest BCUT2D eigenvalue weighted by atomic mass is 35.5. The lowest BCUT2D eigenvalue weighted by molar-refractivity contribution is 0.0600. The second-order valence-corrected chi connectivity index (χ2v) is 8.76. The number of carbonyl (C=O) groups is 1. The number of sulfonamides is 1. The molecule has 0 spiro atoms. The average molecular weight is 429 g/mol. The highest BCUT2D eigenvalue weighted by molar-refractivity contribution is 7.89. The Morgan fingerprint density at radius 3 is 2.37 bits per heavy atom. The van der Waals surface area contributed by atoms with Crippen molar-refractivity contribution in [2.45, 2.75) is 4.90 Å². The largest absolute Gasteiger partial charge is 0.465 e. The van der Waals surface area contributed by atoms with E-state index in [2.05, 4.69) is 9.64 Å². The van der Waals surface area contributed by atoms with Crippen molar-refractivity contribution in [3.8, 4) is 0 Å². The molecule has 9 heteroatoms. The van der Waals surface area contributed by atoms with Crippen molar-refractivity contribution in [1.82, 2.24) is 4.31 Å². The number of benzene rings is 2. The number of piperazine rings is 1. The molecular formula is C18H18Cl2N2O4S. The monoisotopic (exact) mass is 428 g/mol. The molecule has 144 valence electrons. The van der Waals surface area contributed by atoms with Crippen LogP contribution < -0.4 is 4.90 Å². The van der Waals surface area contributed by atoms with E-state index in [1.165, 1.54) is 29.6 Å². The third-order valence-electron chi connectivity index (χ3n) is 4.38. The average Bonchev–Trinajstić information content (AvgIpc) is 2.67. The molecule has 1 saturated heterocycles.